The molecule has 130 valence electrons. The summed E-state index contributed by atoms with van der Waals surface area (Å²) in [6, 6.07) is 13.1. The molecule has 0 aliphatic rings. The third-order valence-corrected chi connectivity index (χ3v) is 4.42. The van der Waals surface area contributed by atoms with E-state index in [0.717, 1.165) is 33.4 Å². The number of carbonyl (C=O) groups excluding carboxylic acids is 1. The van der Waals surface area contributed by atoms with Crippen LogP contribution >= 0.6 is 11.8 Å². The largest absolute Gasteiger partial charge is 0.497 e. The highest BCUT2D eigenvalue weighted by Gasteiger charge is 2.13. The van der Waals surface area contributed by atoms with Crippen molar-refractivity contribution >= 4 is 34.4 Å². The minimum atomic E-state index is -0.0706. The van der Waals surface area contributed by atoms with Crippen molar-refractivity contribution in [2.75, 3.05) is 24.8 Å². The molecular weight excluding hydrogens is 338 g/mol. The molecule has 0 bridgehead atoms. The molecule has 1 aromatic heterocycles. The molecule has 0 aliphatic carbocycles. The van der Waals surface area contributed by atoms with Crippen LogP contribution in [-0.4, -0.2) is 30.4 Å². The van der Waals surface area contributed by atoms with Crippen molar-refractivity contribution in [3.63, 3.8) is 0 Å². The van der Waals surface area contributed by atoms with E-state index in [2.05, 4.69) is 15.3 Å². The van der Waals surface area contributed by atoms with E-state index in [9.17, 15) is 4.79 Å². The maximum absolute atomic E-state index is 12.1. The Morgan fingerprint density at radius 3 is 2.68 bits per heavy atom. The molecule has 0 saturated heterocycles. The predicted molar refractivity (Wildman–Crippen MR) is 98.4 cm³/mol. The van der Waals surface area contributed by atoms with Crippen molar-refractivity contribution in [2.45, 2.75) is 12.1 Å². The van der Waals surface area contributed by atoms with Gasteiger partial charge in [-0.25, -0.2) is 9.97 Å². The van der Waals surface area contributed by atoms with Crippen LogP contribution in [0.15, 0.2) is 47.6 Å². The van der Waals surface area contributed by atoms with Gasteiger partial charge in [0.1, 0.15) is 11.5 Å². The lowest BCUT2D eigenvalue weighted by Crippen LogP contribution is -2.15. The summed E-state index contributed by atoms with van der Waals surface area (Å²) in [4.78, 5) is 18.6. The topological polar surface area (TPSA) is 77.5 Å². The molecule has 0 saturated carbocycles. The first-order valence-electron chi connectivity index (χ1n) is 7.92. The summed E-state index contributed by atoms with van der Waals surface area (Å²) in [5.74, 6) is 1.80. The number of thioether (sulfide) groups is 1. The molecule has 3 N–H and O–H groups in total. The Morgan fingerprint density at radius 1 is 1.20 bits per heavy atom. The fraction of sp³-hybridized carbons (Fsp3) is 0.222. The van der Waals surface area contributed by atoms with Crippen molar-refractivity contribution in [1.29, 1.82) is 0 Å². The molecule has 1 amide bonds. The Hall–Kier alpha value is -2.67. The normalized spacial score (nSPS) is 10.6. The average Bonchev–Trinajstić information content (AvgIpc) is 3.04. The fourth-order valence-electron chi connectivity index (χ4n) is 2.35. The number of H-pyrrole nitrogens is 2. The lowest BCUT2D eigenvalue weighted by atomic mass is 10.3. The van der Waals surface area contributed by atoms with Crippen LogP contribution in [0.3, 0.4) is 0 Å². The summed E-state index contributed by atoms with van der Waals surface area (Å²) in [7, 11) is 1.63. The predicted octanol–water partition coefficient (Wildman–Crippen LogP) is 3.12. The molecule has 25 heavy (non-hydrogen) atoms. The number of amides is 1. The molecule has 3 rings (SSSR count). The number of nitrogens with one attached hydrogen (secondary N) is 3. The van der Waals surface area contributed by atoms with E-state index in [-0.39, 0.29) is 5.91 Å². The van der Waals surface area contributed by atoms with Crippen molar-refractivity contribution in [3.8, 4) is 11.5 Å². The van der Waals surface area contributed by atoms with E-state index in [4.69, 9.17) is 9.47 Å². The SMILES string of the molecule is CCOc1ccc(NC(=O)CSc2[nH]c3cc(OC)ccc3[nH+]2)cc1. The summed E-state index contributed by atoms with van der Waals surface area (Å²) in [5, 5.41) is 3.69. The van der Waals surface area contributed by atoms with E-state index < -0.39 is 0 Å². The first kappa shape index (κ1) is 17.2. The van der Waals surface area contributed by atoms with Crippen LogP contribution in [0, 0.1) is 0 Å². The average molecular weight is 358 g/mol. The van der Waals surface area contributed by atoms with E-state index in [1.165, 1.54) is 11.8 Å². The molecule has 2 aromatic carbocycles. The Balaban J connectivity index is 1.56. The summed E-state index contributed by atoms with van der Waals surface area (Å²) in [6.45, 7) is 2.55. The Labute approximate surface area is 149 Å². The van der Waals surface area contributed by atoms with Crippen LogP contribution in [0.1, 0.15) is 6.92 Å². The second kappa shape index (κ2) is 7.94. The lowest BCUT2D eigenvalue weighted by molar-refractivity contribution is -0.396. The quantitative estimate of drug-likeness (QED) is 0.636. The van der Waals surface area contributed by atoms with Crippen LogP contribution in [0.2, 0.25) is 0 Å². The molecular formula is C18H20N3O3S+. The number of benzene rings is 2. The number of aromatic amines is 2. The Morgan fingerprint density at radius 2 is 1.96 bits per heavy atom. The number of carbonyl (C=O) groups is 1. The number of rotatable bonds is 7. The van der Waals surface area contributed by atoms with Crippen LogP contribution in [-0.2, 0) is 4.79 Å². The van der Waals surface area contributed by atoms with Gasteiger partial charge in [-0.3, -0.25) is 4.79 Å². The van der Waals surface area contributed by atoms with Gasteiger partial charge in [-0.1, -0.05) is 0 Å². The second-order valence-corrected chi connectivity index (χ2v) is 6.27. The summed E-state index contributed by atoms with van der Waals surface area (Å²) < 4.78 is 10.6. The van der Waals surface area contributed by atoms with Gasteiger partial charge in [0, 0.05) is 11.8 Å². The molecule has 3 aromatic rings. The van der Waals surface area contributed by atoms with Gasteiger partial charge in [-0.15, -0.1) is 0 Å². The number of hydrogen-bond donors (Lipinski definition) is 2. The highest BCUT2D eigenvalue weighted by Crippen LogP contribution is 2.20. The zero-order valence-electron chi connectivity index (χ0n) is 14.1. The highest BCUT2D eigenvalue weighted by molar-refractivity contribution is 7.99. The van der Waals surface area contributed by atoms with Crippen molar-refractivity contribution in [1.82, 2.24) is 4.98 Å². The number of anilines is 1. The minimum Gasteiger partial charge on any atom is -0.497 e. The van der Waals surface area contributed by atoms with Gasteiger partial charge in [0.15, 0.2) is 11.0 Å². The zero-order valence-corrected chi connectivity index (χ0v) is 14.9. The van der Waals surface area contributed by atoms with Crippen LogP contribution in [0.4, 0.5) is 5.69 Å². The third-order valence-electron chi connectivity index (χ3n) is 3.52. The third kappa shape index (κ3) is 4.45. The van der Waals surface area contributed by atoms with E-state index >= 15 is 0 Å². The van der Waals surface area contributed by atoms with E-state index in [1.807, 2.05) is 49.4 Å². The van der Waals surface area contributed by atoms with Gasteiger partial charge >= 0.3 is 5.16 Å². The molecule has 0 atom stereocenters. The van der Waals surface area contributed by atoms with E-state index in [0.29, 0.717) is 12.4 Å². The van der Waals surface area contributed by atoms with Gasteiger partial charge < -0.3 is 14.8 Å². The standard InChI is InChI=1S/C18H19N3O3S/c1-3-24-13-6-4-12(5-7-13)19-17(22)11-25-18-20-15-9-8-14(23-2)10-16(15)21-18/h4-10H,3,11H2,1-2H3,(H,19,22)(H,20,21)/p+1. The van der Waals surface area contributed by atoms with Crippen LogP contribution < -0.4 is 19.8 Å². The summed E-state index contributed by atoms with van der Waals surface area (Å²) in [6.07, 6.45) is 0. The molecule has 0 unspecified atom stereocenters. The maximum atomic E-state index is 12.1. The van der Waals surface area contributed by atoms with Gasteiger partial charge in [-0.2, -0.15) is 0 Å². The minimum absolute atomic E-state index is 0.0706. The molecule has 0 fully saturated rings. The maximum Gasteiger partial charge on any atom is 0.315 e. The van der Waals surface area contributed by atoms with Crippen molar-refractivity contribution < 1.29 is 19.3 Å². The summed E-state index contributed by atoms with van der Waals surface area (Å²) in [5.41, 5.74) is 2.66. The Bertz CT molecular complexity index is 862. The molecule has 0 radical (unpaired) electrons. The van der Waals surface area contributed by atoms with Gasteiger partial charge in [0.2, 0.25) is 5.91 Å². The van der Waals surface area contributed by atoms with Crippen LogP contribution in [0.5, 0.6) is 11.5 Å². The number of methoxy groups -OCH3 is 1. The number of aromatic nitrogens is 2. The summed E-state index contributed by atoms with van der Waals surface area (Å²) >= 11 is 1.41. The smallest absolute Gasteiger partial charge is 0.315 e. The van der Waals surface area contributed by atoms with Gasteiger partial charge in [0.05, 0.1) is 19.5 Å². The first-order chi connectivity index (χ1) is 12.2. The van der Waals surface area contributed by atoms with Gasteiger partial charge in [0.25, 0.3) is 0 Å². The second-order valence-electron chi connectivity index (χ2n) is 5.28. The zero-order chi connectivity index (χ0) is 17.6. The molecule has 0 aliphatic heterocycles. The van der Waals surface area contributed by atoms with Crippen molar-refractivity contribution in [2.24, 2.45) is 0 Å². The number of fused-ring (bicyclic) bond motifs is 1. The molecule has 7 heteroatoms. The monoisotopic (exact) mass is 358 g/mol. The van der Waals surface area contributed by atoms with Gasteiger partial charge in [-0.05, 0) is 55.1 Å². The fourth-order valence-corrected chi connectivity index (χ4v) is 3.06. The Kier molecular flexibility index (Phi) is 5.45. The molecule has 0 spiro atoms. The molecule has 6 nitrogen and oxygen atoms in total. The van der Waals surface area contributed by atoms with E-state index in [1.54, 1.807) is 7.11 Å². The van der Waals surface area contributed by atoms with Crippen molar-refractivity contribution in [3.05, 3.63) is 42.5 Å². The number of hydrogen-bond acceptors (Lipinski definition) is 4. The number of imidazole rings is 1. The molecule has 1 heterocycles. The first-order valence-corrected chi connectivity index (χ1v) is 8.91. The highest BCUT2D eigenvalue weighted by atomic mass is 32.2. The lowest BCUT2D eigenvalue weighted by Gasteiger charge is -2.06. The number of ether oxygens (including phenoxy) is 2. The van der Waals surface area contributed by atoms with Crippen LogP contribution in [0.25, 0.3) is 11.0 Å².